The average molecular weight is 226 g/mol. The van der Waals surface area contributed by atoms with Crippen LogP contribution in [0.5, 0.6) is 0 Å². The molecular weight excluding hydrogens is 212 g/mol. The zero-order chi connectivity index (χ0) is 10.5. The van der Waals surface area contributed by atoms with Gasteiger partial charge in [-0.1, -0.05) is 23.8 Å². The molecule has 0 amide bonds. The van der Waals surface area contributed by atoms with Crippen LogP contribution in [0.2, 0.25) is 0 Å². The lowest BCUT2D eigenvalue weighted by molar-refractivity contribution is 0.410. The molecule has 1 atom stereocenters. The summed E-state index contributed by atoms with van der Waals surface area (Å²) in [6, 6.07) is 0.582. The fourth-order valence-electron chi connectivity index (χ4n) is 1.31. The minimum atomic E-state index is 0.582. The Morgan fingerprint density at radius 2 is 2.67 bits per heavy atom. The summed E-state index contributed by atoms with van der Waals surface area (Å²) in [7, 11) is 0. The summed E-state index contributed by atoms with van der Waals surface area (Å²) >= 11 is 1.79. The zero-order valence-corrected chi connectivity index (χ0v) is 9.46. The highest BCUT2D eigenvalue weighted by atomic mass is 32.2. The third-order valence-corrected chi connectivity index (χ3v) is 3.33. The van der Waals surface area contributed by atoms with Gasteiger partial charge in [-0.05, 0) is 6.42 Å². The molecule has 1 aliphatic rings. The second-order valence-electron chi connectivity index (χ2n) is 3.34. The fourth-order valence-corrected chi connectivity index (χ4v) is 2.42. The minimum Gasteiger partial charge on any atom is -0.361 e. The van der Waals surface area contributed by atoms with Crippen molar-refractivity contribution in [3.05, 3.63) is 12.2 Å². The van der Waals surface area contributed by atoms with Gasteiger partial charge in [-0.3, -0.25) is 4.99 Å². The third kappa shape index (κ3) is 2.95. The average Bonchev–Trinajstić information content (AvgIpc) is 2.88. The molecule has 0 aromatic carbocycles. The summed E-state index contributed by atoms with van der Waals surface area (Å²) < 4.78 is 4.64. The molecule has 0 aliphatic carbocycles. The lowest BCUT2D eigenvalue weighted by Gasteiger charge is -2.04. The van der Waals surface area contributed by atoms with E-state index in [9.17, 15) is 0 Å². The molecule has 1 fully saturated rings. The topological polar surface area (TPSA) is 63.3 Å². The number of nitrogens with one attached hydrogen (secondary N) is 1. The number of thioether (sulfide) groups is 1. The van der Waals surface area contributed by atoms with E-state index in [4.69, 9.17) is 0 Å². The lowest BCUT2D eigenvalue weighted by atomic mass is 10.3. The first-order valence-electron chi connectivity index (χ1n) is 5.07. The third-order valence-electron chi connectivity index (χ3n) is 2.24. The van der Waals surface area contributed by atoms with Crippen LogP contribution in [0.25, 0.3) is 0 Å². The normalized spacial score (nSPS) is 23.3. The van der Waals surface area contributed by atoms with Crippen LogP contribution < -0.4 is 5.32 Å². The molecule has 15 heavy (non-hydrogen) atoms. The van der Waals surface area contributed by atoms with Crippen LogP contribution in [0.1, 0.15) is 19.2 Å². The number of amidine groups is 1. The van der Waals surface area contributed by atoms with Gasteiger partial charge in [-0.25, -0.2) is 0 Å². The van der Waals surface area contributed by atoms with Crippen molar-refractivity contribution in [1.82, 2.24) is 15.5 Å². The summed E-state index contributed by atoms with van der Waals surface area (Å²) in [5.41, 5.74) is 0. The summed E-state index contributed by atoms with van der Waals surface area (Å²) in [6.07, 6.45) is 3.23. The fraction of sp³-hybridized carbons (Fsp3) is 0.667. The van der Waals surface area contributed by atoms with Crippen LogP contribution in [-0.2, 0) is 6.42 Å². The van der Waals surface area contributed by atoms with Gasteiger partial charge in [0.05, 0.1) is 0 Å². The van der Waals surface area contributed by atoms with Gasteiger partial charge < -0.3 is 9.84 Å². The molecule has 1 aliphatic heterocycles. The van der Waals surface area contributed by atoms with E-state index in [1.807, 2.05) is 0 Å². The Labute approximate surface area is 92.7 Å². The summed E-state index contributed by atoms with van der Waals surface area (Å²) in [4.78, 5) is 8.38. The van der Waals surface area contributed by atoms with E-state index >= 15 is 0 Å². The van der Waals surface area contributed by atoms with Crippen LogP contribution in [0.3, 0.4) is 0 Å². The number of nitrogens with zero attached hydrogens (tertiary/aromatic N) is 3. The summed E-state index contributed by atoms with van der Waals surface area (Å²) in [6.45, 7) is 2.89. The quantitative estimate of drug-likeness (QED) is 0.832. The van der Waals surface area contributed by atoms with Gasteiger partial charge in [0.2, 0.25) is 6.39 Å². The number of hydrogen-bond acceptors (Lipinski definition) is 5. The SMILES string of the molecule is CCC1CSC(=NCCc2ncon2)N1. The maximum absolute atomic E-state index is 4.64. The molecule has 82 valence electrons. The monoisotopic (exact) mass is 226 g/mol. The van der Waals surface area contributed by atoms with Gasteiger partial charge in [-0.15, -0.1) is 0 Å². The molecule has 0 radical (unpaired) electrons. The van der Waals surface area contributed by atoms with Crippen LogP contribution in [0, 0.1) is 0 Å². The number of rotatable bonds is 4. The number of aromatic nitrogens is 2. The van der Waals surface area contributed by atoms with Crippen molar-refractivity contribution in [3.63, 3.8) is 0 Å². The second-order valence-corrected chi connectivity index (χ2v) is 4.35. The van der Waals surface area contributed by atoms with Crippen molar-refractivity contribution < 1.29 is 4.52 Å². The van der Waals surface area contributed by atoms with Crippen LogP contribution in [0.15, 0.2) is 15.9 Å². The van der Waals surface area contributed by atoms with E-state index in [2.05, 4.69) is 31.9 Å². The number of aliphatic imine (C=N–C) groups is 1. The summed E-state index contributed by atoms with van der Waals surface area (Å²) in [5.74, 6) is 1.84. The van der Waals surface area contributed by atoms with Gasteiger partial charge in [0.15, 0.2) is 11.0 Å². The Balaban J connectivity index is 1.75. The van der Waals surface area contributed by atoms with E-state index < -0.39 is 0 Å². The zero-order valence-electron chi connectivity index (χ0n) is 8.64. The largest absolute Gasteiger partial charge is 0.361 e. The van der Waals surface area contributed by atoms with Gasteiger partial charge in [-0.2, -0.15) is 4.98 Å². The van der Waals surface area contributed by atoms with Crippen LogP contribution >= 0.6 is 11.8 Å². The maximum Gasteiger partial charge on any atom is 0.213 e. The van der Waals surface area contributed by atoms with Crippen molar-refractivity contribution in [2.75, 3.05) is 12.3 Å². The molecule has 1 unspecified atom stereocenters. The van der Waals surface area contributed by atoms with E-state index in [1.54, 1.807) is 11.8 Å². The first-order valence-corrected chi connectivity index (χ1v) is 6.06. The van der Waals surface area contributed by atoms with E-state index in [1.165, 1.54) is 6.39 Å². The van der Waals surface area contributed by atoms with Crippen LogP contribution in [-0.4, -0.2) is 33.6 Å². The molecule has 1 saturated heterocycles. The molecular formula is C9H14N4OS. The Kier molecular flexibility index (Phi) is 3.60. The minimum absolute atomic E-state index is 0.582. The Bertz CT molecular complexity index is 325. The van der Waals surface area contributed by atoms with Crippen molar-refractivity contribution in [2.24, 2.45) is 4.99 Å². The predicted octanol–water partition coefficient (Wildman–Crippen LogP) is 1.08. The molecule has 2 rings (SSSR count). The molecule has 0 bridgehead atoms. The van der Waals surface area contributed by atoms with E-state index in [0.717, 1.165) is 29.6 Å². The van der Waals surface area contributed by atoms with E-state index in [0.29, 0.717) is 12.6 Å². The highest BCUT2D eigenvalue weighted by Gasteiger charge is 2.17. The highest BCUT2D eigenvalue weighted by Crippen LogP contribution is 2.15. The van der Waals surface area contributed by atoms with E-state index in [-0.39, 0.29) is 0 Å². The Morgan fingerprint density at radius 1 is 1.73 bits per heavy atom. The lowest BCUT2D eigenvalue weighted by Crippen LogP contribution is -2.26. The van der Waals surface area contributed by atoms with Crippen molar-refractivity contribution in [2.45, 2.75) is 25.8 Å². The Morgan fingerprint density at radius 3 is 3.33 bits per heavy atom. The van der Waals surface area contributed by atoms with Gasteiger partial charge in [0.1, 0.15) is 0 Å². The molecule has 6 heteroatoms. The van der Waals surface area contributed by atoms with Gasteiger partial charge >= 0.3 is 0 Å². The molecule has 0 spiro atoms. The highest BCUT2D eigenvalue weighted by molar-refractivity contribution is 8.14. The molecule has 1 N–H and O–H groups in total. The van der Waals surface area contributed by atoms with Crippen molar-refractivity contribution >= 4 is 16.9 Å². The first-order chi connectivity index (χ1) is 7.38. The standard InChI is InChI=1S/C9H14N4OS/c1-2-7-5-15-9(12-7)10-4-3-8-11-6-14-13-8/h6-7H,2-5H2,1H3,(H,10,12). The van der Waals surface area contributed by atoms with Gasteiger partial charge in [0.25, 0.3) is 0 Å². The Hall–Kier alpha value is -1.04. The van der Waals surface area contributed by atoms with Crippen molar-refractivity contribution in [1.29, 1.82) is 0 Å². The molecule has 0 saturated carbocycles. The summed E-state index contributed by atoms with van der Waals surface area (Å²) in [5, 5.41) is 8.14. The number of hydrogen-bond donors (Lipinski definition) is 1. The van der Waals surface area contributed by atoms with Crippen molar-refractivity contribution in [3.8, 4) is 0 Å². The van der Waals surface area contributed by atoms with Gasteiger partial charge in [0, 0.05) is 24.8 Å². The molecule has 2 heterocycles. The predicted molar refractivity (Wildman–Crippen MR) is 60.0 cm³/mol. The molecule has 5 nitrogen and oxygen atoms in total. The smallest absolute Gasteiger partial charge is 0.213 e. The maximum atomic E-state index is 4.64. The molecule has 1 aromatic heterocycles. The molecule has 1 aromatic rings. The van der Waals surface area contributed by atoms with Crippen LogP contribution in [0.4, 0.5) is 0 Å². The second kappa shape index (κ2) is 5.16. The first kappa shape index (κ1) is 10.5.